The lowest BCUT2D eigenvalue weighted by Crippen LogP contribution is -2.59. The van der Waals surface area contributed by atoms with Gasteiger partial charge in [0.05, 0.1) is 5.69 Å². The molecule has 10 nitrogen and oxygen atoms in total. The van der Waals surface area contributed by atoms with Gasteiger partial charge in [0, 0.05) is 49.6 Å². The third kappa shape index (κ3) is 4.86. The molecular weight excluding hydrogens is 458 g/mol. The van der Waals surface area contributed by atoms with Crippen LogP contribution in [0.1, 0.15) is 71.1 Å². The molecule has 196 valence electrons. The Morgan fingerprint density at radius 3 is 2.58 bits per heavy atom. The number of fused-ring (bicyclic) bond motifs is 1. The summed E-state index contributed by atoms with van der Waals surface area (Å²) in [5, 5.41) is 16.0. The van der Waals surface area contributed by atoms with Crippen molar-refractivity contribution in [1.29, 1.82) is 0 Å². The molecule has 36 heavy (non-hydrogen) atoms. The fourth-order valence-electron chi connectivity index (χ4n) is 6.09. The minimum Gasteiger partial charge on any atom is -0.465 e. The minimum absolute atomic E-state index is 0.0249. The molecule has 1 spiro atoms. The number of likely N-dealkylation sites (tertiary alicyclic amines) is 1. The molecular formula is C26H39N7O3. The quantitative estimate of drug-likeness (QED) is 0.529. The Hall–Kier alpha value is -2.91. The number of aromatic nitrogens is 2. The van der Waals surface area contributed by atoms with E-state index in [1.54, 1.807) is 0 Å². The molecule has 2 amide bonds. The van der Waals surface area contributed by atoms with Gasteiger partial charge >= 0.3 is 6.09 Å². The highest BCUT2D eigenvalue weighted by Crippen LogP contribution is 2.41. The summed E-state index contributed by atoms with van der Waals surface area (Å²) in [5.74, 6) is 2.81. The van der Waals surface area contributed by atoms with Gasteiger partial charge in [0.2, 0.25) is 5.95 Å². The molecule has 4 aliphatic rings. The summed E-state index contributed by atoms with van der Waals surface area (Å²) >= 11 is 0. The SMILES string of the molecule is CC(C)C[C@@H](CC1=NC(C)(C)C(=O)N1)Nc1nc(N2CCC3(CN(C(=O)O)C3)C2)nc2c1CCCC2. The van der Waals surface area contributed by atoms with Crippen LogP contribution in [0.15, 0.2) is 4.99 Å². The monoisotopic (exact) mass is 497 g/mol. The number of hydrogen-bond acceptors (Lipinski definition) is 7. The highest BCUT2D eigenvalue weighted by Gasteiger charge is 2.50. The summed E-state index contributed by atoms with van der Waals surface area (Å²) in [7, 11) is 0. The molecule has 3 aliphatic heterocycles. The third-order valence-corrected chi connectivity index (χ3v) is 7.98. The average Bonchev–Trinajstić information content (AvgIpc) is 3.33. The van der Waals surface area contributed by atoms with E-state index in [9.17, 15) is 14.7 Å². The van der Waals surface area contributed by atoms with Crippen molar-refractivity contribution < 1.29 is 14.7 Å². The average molecular weight is 498 g/mol. The molecule has 3 N–H and O–H groups in total. The van der Waals surface area contributed by atoms with Crippen LogP contribution in [0.4, 0.5) is 16.6 Å². The summed E-state index contributed by atoms with van der Waals surface area (Å²) in [6, 6.07) is 0.0902. The lowest BCUT2D eigenvalue weighted by Gasteiger charge is -2.46. The molecule has 10 heteroatoms. The van der Waals surface area contributed by atoms with Gasteiger partial charge in [-0.1, -0.05) is 13.8 Å². The number of amidine groups is 1. The molecule has 1 aliphatic carbocycles. The Morgan fingerprint density at radius 2 is 1.92 bits per heavy atom. The van der Waals surface area contributed by atoms with Gasteiger partial charge in [0.15, 0.2) is 0 Å². The van der Waals surface area contributed by atoms with E-state index < -0.39 is 11.6 Å². The molecule has 2 saturated heterocycles. The van der Waals surface area contributed by atoms with Crippen LogP contribution in [-0.2, 0) is 17.6 Å². The lowest BCUT2D eigenvalue weighted by molar-refractivity contribution is -0.122. The molecule has 4 heterocycles. The lowest BCUT2D eigenvalue weighted by atomic mass is 9.79. The number of carbonyl (C=O) groups is 2. The largest absolute Gasteiger partial charge is 0.465 e. The van der Waals surface area contributed by atoms with Gasteiger partial charge in [0.1, 0.15) is 17.2 Å². The molecule has 0 saturated carbocycles. The van der Waals surface area contributed by atoms with Gasteiger partial charge in [-0.15, -0.1) is 0 Å². The van der Waals surface area contributed by atoms with Crippen LogP contribution in [0.5, 0.6) is 0 Å². The van der Waals surface area contributed by atoms with Crippen LogP contribution in [-0.4, -0.2) is 75.6 Å². The summed E-state index contributed by atoms with van der Waals surface area (Å²) in [4.78, 5) is 42.0. The molecule has 0 aromatic carbocycles. The number of rotatable bonds is 7. The number of carbonyl (C=O) groups excluding carboxylic acids is 1. The van der Waals surface area contributed by atoms with Gasteiger partial charge in [-0.25, -0.2) is 9.78 Å². The van der Waals surface area contributed by atoms with E-state index in [1.807, 2.05) is 13.8 Å². The van der Waals surface area contributed by atoms with E-state index in [0.717, 1.165) is 74.9 Å². The maximum Gasteiger partial charge on any atom is 0.407 e. The smallest absolute Gasteiger partial charge is 0.407 e. The van der Waals surface area contributed by atoms with Gasteiger partial charge in [-0.3, -0.25) is 9.79 Å². The van der Waals surface area contributed by atoms with Crippen molar-refractivity contribution in [3.8, 4) is 0 Å². The first-order chi connectivity index (χ1) is 17.0. The first-order valence-corrected chi connectivity index (χ1v) is 13.3. The highest BCUT2D eigenvalue weighted by atomic mass is 16.4. The Kier molecular flexibility index (Phi) is 6.32. The van der Waals surface area contributed by atoms with Gasteiger partial charge in [-0.05, 0) is 58.3 Å². The first kappa shape index (κ1) is 24.8. The van der Waals surface area contributed by atoms with Crippen LogP contribution in [0, 0.1) is 11.3 Å². The number of nitrogens with zero attached hydrogens (tertiary/aromatic N) is 5. The summed E-state index contributed by atoms with van der Waals surface area (Å²) in [6.07, 6.45) is 5.89. The van der Waals surface area contributed by atoms with Crippen molar-refractivity contribution in [3.05, 3.63) is 11.3 Å². The normalized spacial score (nSPS) is 22.8. The third-order valence-electron chi connectivity index (χ3n) is 7.98. The van der Waals surface area contributed by atoms with E-state index in [2.05, 4.69) is 34.4 Å². The van der Waals surface area contributed by atoms with E-state index in [-0.39, 0.29) is 17.4 Å². The van der Waals surface area contributed by atoms with E-state index in [4.69, 9.17) is 9.97 Å². The van der Waals surface area contributed by atoms with Crippen LogP contribution in [0.25, 0.3) is 0 Å². The van der Waals surface area contributed by atoms with E-state index in [0.29, 0.717) is 25.4 Å². The summed E-state index contributed by atoms with van der Waals surface area (Å²) in [6.45, 7) is 10.9. The van der Waals surface area contributed by atoms with Crippen LogP contribution in [0.2, 0.25) is 0 Å². The number of aryl methyl sites for hydroxylation is 1. The van der Waals surface area contributed by atoms with Gasteiger partial charge < -0.3 is 25.5 Å². The predicted octanol–water partition coefficient (Wildman–Crippen LogP) is 3.07. The second-order valence-electron chi connectivity index (χ2n) is 12.1. The molecule has 0 bridgehead atoms. The number of hydrogen-bond donors (Lipinski definition) is 3. The molecule has 5 rings (SSSR count). The zero-order valence-corrected chi connectivity index (χ0v) is 21.9. The van der Waals surface area contributed by atoms with E-state index >= 15 is 0 Å². The molecule has 0 radical (unpaired) electrons. The Bertz CT molecular complexity index is 1080. The topological polar surface area (TPSA) is 123 Å². The second-order valence-corrected chi connectivity index (χ2v) is 12.1. The number of amides is 2. The van der Waals surface area contributed by atoms with Crippen molar-refractivity contribution in [2.45, 2.75) is 84.2 Å². The number of nitrogens with one attached hydrogen (secondary N) is 2. The predicted molar refractivity (Wildman–Crippen MR) is 139 cm³/mol. The molecule has 1 atom stereocenters. The second kappa shape index (κ2) is 9.19. The maximum atomic E-state index is 12.3. The van der Waals surface area contributed by atoms with Crippen LogP contribution < -0.4 is 15.5 Å². The standard InChI is InChI=1S/C26H39N7O3/c1-16(2)11-17(12-20-29-22(34)25(3,4)31-20)27-21-18-7-5-6-8-19(18)28-23(30-21)32-10-9-26(13-32)14-33(15-26)24(35)36/h16-17H,5-15H2,1-4H3,(H,35,36)(H,27,28,30)(H,29,31,34)/t17-/m0/s1. The Balaban J connectivity index is 1.37. The summed E-state index contributed by atoms with van der Waals surface area (Å²) in [5.41, 5.74) is 1.65. The fourth-order valence-corrected chi connectivity index (χ4v) is 6.09. The minimum atomic E-state index is -0.835. The zero-order valence-electron chi connectivity index (χ0n) is 21.9. The summed E-state index contributed by atoms with van der Waals surface area (Å²) < 4.78 is 0. The van der Waals surface area contributed by atoms with Gasteiger partial charge in [0.25, 0.3) is 5.91 Å². The molecule has 1 aromatic heterocycles. The fraction of sp³-hybridized carbons (Fsp3) is 0.731. The van der Waals surface area contributed by atoms with E-state index in [1.165, 1.54) is 10.5 Å². The maximum absolute atomic E-state index is 12.3. The highest BCUT2D eigenvalue weighted by molar-refractivity contribution is 6.08. The van der Waals surface area contributed by atoms with Crippen LogP contribution in [0.3, 0.4) is 0 Å². The number of carboxylic acid groups (broad SMARTS) is 1. The molecule has 1 aromatic rings. The van der Waals surface area contributed by atoms with Crippen molar-refractivity contribution in [2.75, 3.05) is 36.4 Å². The Labute approximate surface area is 213 Å². The molecule has 2 fully saturated rings. The number of anilines is 2. The molecule has 0 unspecified atom stereocenters. The van der Waals surface area contributed by atoms with Crippen molar-refractivity contribution in [1.82, 2.24) is 20.2 Å². The number of aliphatic imine (C=N–C) groups is 1. The zero-order chi connectivity index (χ0) is 25.7. The van der Waals surface area contributed by atoms with Gasteiger partial charge in [-0.2, -0.15) is 4.98 Å². The Morgan fingerprint density at radius 1 is 1.17 bits per heavy atom. The van der Waals surface area contributed by atoms with Crippen molar-refractivity contribution >= 4 is 29.6 Å². The van der Waals surface area contributed by atoms with Crippen LogP contribution >= 0.6 is 0 Å². The first-order valence-electron chi connectivity index (χ1n) is 13.3. The van der Waals surface area contributed by atoms with Crippen molar-refractivity contribution in [3.63, 3.8) is 0 Å². The van der Waals surface area contributed by atoms with Crippen molar-refractivity contribution in [2.24, 2.45) is 16.3 Å².